The lowest BCUT2D eigenvalue weighted by Crippen LogP contribution is -2.47. The number of aliphatic hydroxyl groups is 1. The van der Waals surface area contributed by atoms with Gasteiger partial charge in [-0.15, -0.1) is 0 Å². The molecule has 0 radical (unpaired) electrons. The summed E-state index contributed by atoms with van der Waals surface area (Å²) in [5, 5.41) is 12.5. The van der Waals surface area contributed by atoms with Gasteiger partial charge in [-0.3, -0.25) is 4.98 Å². The van der Waals surface area contributed by atoms with Gasteiger partial charge in [0.15, 0.2) is 0 Å². The highest BCUT2D eigenvalue weighted by Crippen LogP contribution is 2.23. The van der Waals surface area contributed by atoms with Crippen molar-refractivity contribution in [1.29, 1.82) is 0 Å². The van der Waals surface area contributed by atoms with Crippen LogP contribution < -0.4 is 5.32 Å². The number of hydrogen-bond acceptors (Lipinski definition) is 3. The van der Waals surface area contributed by atoms with E-state index in [-0.39, 0.29) is 12.1 Å². The van der Waals surface area contributed by atoms with Gasteiger partial charge in [-0.25, -0.2) is 4.79 Å². The molecule has 5 nitrogen and oxygen atoms in total. The van der Waals surface area contributed by atoms with Crippen molar-refractivity contribution in [1.82, 2.24) is 9.88 Å². The van der Waals surface area contributed by atoms with E-state index in [0.29, 0.717) is 12.2 Å². The van der Waals surface area contributed by atoms with Crippen LogP contribution in [-0.2, 0) is 0 Å². The van der Waals surface area contributed by atoms with Crippen molar-refractivity contribution in [3.05, 3.63) is 24.5 Å². The SMILES string of the molecule is C[C@H](O)CN(C(=O)Nc1cccnc1)C1CCCCC1. The number of aliphatic hydroxyl groups excluding tert-OH is 1. The number of pyridine rings is 1. The van der Waals surface area contributed by atoms with Crippen LogP contribution in [0.5, 0.6) is 0 Å². The number of nitrogens with zero attached hydrogens (tertiary/aromatic N) is 2. The fraction of sp³-hybridized carbons (Fsp3) is 0.600. The van der Waals surface area contributed by atoms with E-state index in [4.69, 9.17) is 0 Å². The molecular formula is C15H23N3O2. The molecule has 1 atom stereocenters. The zero-order chi connectivity index (χ0) is 14.4. The van der Waals surface area contributed by atoms with Crippen molar-refractivity contribution in [3.63, 3.8) is 0 Å². The Morgan fingerprint density at radius 1 is 1.50 bits per heavy atom. The molecule has 110 valence electrons. The number of carbonyl (C=O) groups excluding carboxylic acids is 1. The first-order chi connectivity index (χ1) is 9.66. The standard InChI is InChI=1S/C15H23N3O2/c1-12(19)11-18(14-7-3-2-4-8-14)15(20)17-13-6-5-9-16-10-13/h5-6,9-10,12,14,19H,2-4,7-8,11H2,1H3,(H,17,20)/t12-/m0/s1. The van der Waals surface area contributed by atoms with Crippen molar-refractivity contribution in [2.24, 2.45) is 0 Å². The molecule has 5 heteroatoms. The van der Waals surface area contributed by atoms with Crippen LogP contribution in [0.3, 0.4) is 0 Å². The predicted octanol–water partition coefficient (Wildman–Crippen LogP) is 2.63. The molecule has 0 saturated heterocycles. The number of carbonyl (C=O) groups is 1. The third-order valence-corrected chi connectivity index (χ3v) is 3.65. The Hall–Kier alpha value is -1.62. The average Bonchev–Trinajstić information content (AvgIpc) is 2.46. The number of hydrogen-bond donors (Lipinski definition) is 2. The van der Waals surface area contributed by atoms with Crippen molar-refractivity contribution in [2.45, 2.75) is 51.2 Å². The predicted molar refractivity (Wildman–Crippen MR) is 78.5 cm³/mol. The Kier molecular flexibility index (Phi) is 5.35. The minimum Gasteiger partial charge on any atom is -0.392 e. The molecule has 0 aromatic carbocycles. The summed E-state index contributed by atoms with van der Waals surface area (Å²) in [6.45, 7) is 2.09. The van der Waals surface area contributed by atoms with E-state index in [1.165, 1.54) is 6.42 Å². The lowest BCUT2D eigenvalue weighted by Gasteiger charge is -2.35. The minimum absolute atomic E-state index is 0.147. The second-order valence-corrected chi connectivity index (χ2v) is 5.47. The van der Waals surface area contributed by atoms with Gasteiger partial charge in [0.05, 0.1) is 18.0 Å². The van der Waals surface area contributed by atoms with Crippen LogP contribution in [0.1, 0.15) is 39.0 Å². The van der Waals surface area contributed by atoms with Crippen LogP contribution in [0.4, 0.5) is 10.5 Å². The second kappa shape index (κ2) is 7.24. The molecule has 0 unspecified atom stereocenters. The van der Waals surface area contributed by atoms with Gasteiger partial charge in [0.2, 0.25) is 0 Å². The second-order valence-electron chi connectivity index (χ2n) is 5.47. The lowest BCUT2D eigenvalue weighted by molar-refractivity contribution is 0.105. The number of amides is 2. The van der Waals surface area contributed by atoms with Crippen LogP contribution >= 0.6 is 0 Å². The van der Waals surface area contributed by atoms with E-state index in [9.17, 15) is 9.90 Å². The van der Waals surface area contributed by atoms with Gasteiger partial charge < -0.3 is 15.3 Å². The van der Waals surface area contributed by atoms with Gasteiger partial charge in [0.1, 0.15) is 0 Å². The molecule has 1 aromatic rings. The fourth-order valence-electron chi connectivity index (χ4n) is 2.71. The summed E-state index contributed by atoms with van der Waals surface area (Å²) in [5.41, 5.74) is 0.684. The summed E-state index contributed by atoms with van der Waals surface area (Å²) in [4.78, 5) is 18.2. The molecule has 0 spiro atoms. The van der Waals surface area contributed by atoms with E-state index in [2.05, 4.69) is 10.3 Å². The van der Waals surface area contributed by atoms with Gasteiger partial charge in [0, 0.05) is 18.8 Å². The first kappa shape index (κ1) is 14.8. The number of nitrogens with one attached hydrogen (secondary N) is 1. The van der Waals surface area contributed by atoms with Crippen LogP contribution in [-0.4, -0.2) is 39.7 Å². The summed E-state index contributed by atoms with van der Waals surface area (Å²) < 4.78 is 0. The Balaban J connectivity index is 2.03. The largest absolute Gasteiger partial charge is 0.392 e. The van der Waals surface area contributed by atoms with E-state index in [0.717, 1.165) is 25.7 Å². The summed E-state index contributed by atoms with van der Waals surface area (Å²) in [6.07, 6.45) is 8.37. The van der Waals surface area contributed by atoms with Crippen LogP contribution in [0.25, 0.3) is 0 Å². The third kappa shape index (κ3) is 4.20. The van der Waals surface area contributed by atoms with E-state index in [1.54, 1.807) is 30.3 Å². The van der Waals surface area contributed by atoms with E-state index < -0.39 is 6.10 Å². The maximum Gasteiger partial charge on any atom is 0.322 e. The molecule has 2 rings (SSSR count). The Morgan fingerprint density at radius 3 is 2.85 bits per heavy atom. The molecule has 1 aliphatic carbocycles. The molecule has 0 aliphatic heterocycles. The maximum absolute atomic E-state index is 12.4. The number of rotatable bonds is 4. The summed E-state index contributed by atoms with van der Waals surface area (Å²) >= 11 is 0. The smallest absolute Gasteiger partial charge is 0.322 e. The van der Waals surface area contributed by atoms with Crippen LogP contribution in [0.15, 0.2) is 24.5 Å². The molecular weight excluding hydrogens is 254 g/mol. The van der Waals surface area contributed by atoms with Crippen LogP contribution in [0, 0.1) is 0 Å². The monoisotopic (exact) mass is 277 g/mol. The molecule has 1 aliphatic rings. The number of urea groups is 1. The quantitative estimate of drug-likeness (QED) is 0.889. The summed E-state index contributed by atoms with van der Waals surface area (Å²) in [6, 6.07) is 3.68. The Labute approximate surface area is 120 Å². The molecule has 20 heavy (non-hydrogen) atoms. The Bertz CT molecular complexity index is 416. The van der Waals surface area contributed by atoms with E-state index in [1.807, 2.05) is 6.07 Å². The molecule has 0 bridgehead atoms. The zero-order valence-corrected chi connectivity index (χ0v) is 12.0. The molecule has 1 saturated carbocycles. The summed E-state index contributed by atoms with van der Waals surface area (Å²) in [7, 11) is 0. The first-order valence-electron chi connectivity index (χ1n) is 7.32. The number of anilines is 1. The topological polar surface area (TPSA) is 65.5 Å². The third-order valence-electron chi connectivity index (χ3n) is 3.65. The highest BCUT2D eigenvalue weighted by molar-refractivity contribution is 5.89. The molecule has 1 fully saturated rings. The number of aromatic nitrogens is 1. The lowest BCUT2D eigenvalue weighted by atomic mass is 9.94. The fourth-order valence-corrected chi connectivity index (χ4v) is 2.71. The van der Waals surface area contributed by atoms with Crippen molar-refractivity contribution < 1.29 is 9.90 Å². The minimum atomic E-state index is -0.517. The van der Waals surface area contributed by atoms with Gasteiger partial charge in [-0.2, -0.15) is 0 Å². The van der Waals surface area contributed by atoms with Gasteiger partial charge in [-0.1, -0.05) is 19.3 Å². The van der Waals surface area contributed by atoms with Crippen molar-refractivity contribution >= 4 is 11.7 Å². The molecule has 2 amide bonds. The maximum atomic E-state index is 12.4. The van der Waals surface area contributed by atoms with E-state index >= 15 is 0 Å². The summed E-state index contributed by atoms with van der Waals surface area (Å²) in [5.74, 6) is 0. The molecule has 2 N–H and O–H groups in total. The molecule has 1 heterocycles. The molecule has 1 aromatic heterocycles. The normalized spacial score (nSPS) is 17.5. The highest BCUT2D eigenvalue weighted by Gasteiger charge is 2.26. The highest BCUT2D eigenvalue weighted by atomic mass is 16.3. The zero-order valence-electron chi connectivity index (χ0n) is 12.0. The van der Waals surface area contributed by atoms with Crippen LogP contribution in [0.2, 0.25) is 0 Å². The van der Waals surface area contributed by atoms with Crippen molar-refractivity contribution in [2.75, 3.05) is 11.9 Å². The van der Waals surface area contributed by atoms with Gasteiger partial charge in [-0.05, 0) is 31.9 Å². The Morgan fingerprint density at radius 2 is 2.25 bits per heavy atom. The van der Waals surface area contributed by atoms with Crippen molar-refractivity contribution in [3.8, 4) is 0 Å². The first-order valence-corrected chi connectivity index (χ1v) is 7.32. The average molecular weight is 277 g/mol. The van der Waals surface area contributed by atoms with Gasteiger partial charge >= 0.3 is 6.03 Å². The van der Waals surface area contributed by atoms with Gasteiger partial charge in [0.25, 0.3) is 0 Å².